The summed E-state index contributed by atoms with van der Waals surface area (Å²) in [5.41, 5.74) is 0. The average molecular weight is 273 g/mol. The second kappa shape index (κ2) is 4.47. The van der Waals surface area contributed by atoms with E-state index < -0.39 is 10.0 Å². The van der Waals surface area contributed by atoms with Crippen molar-refractivity contribution in [2.24, 2.45) is 5.14 Å². The molecular formula is C10H15N3O2S2. The highest BCUT2D eigenvalue weighted by atomic mass is 32.2. The molecule has 5 nitrogen and oxygen atoms in total. The number of nitrogens with two attached hydrogens (primary N) is 1. The highest BCUT2D eigenvalue weighted by Gasteiger charge is 2.41. The Balaban J connectivity index is 2.16. The number of pyridine rings is 1. The monoisotopic (exact) mass is 273 g/mol. The number of thioether (sulfide) groups is 1. The van der Waals surface area contributed by atoms with Crippen LogP contribution >= 0.6 is 11.8 Å². The lowest BCUT2D eigenvalue weighted by molar-refractivity contribution is 0.597. The third kappa shape index (κ3) is 2.91. The minimum Gasteiger partial charge on any atom is -0.368 e. The molecule has 1 aliphatic rings. The molecule has 0 spiro atoms. The third-order valence-corrected chi connectivity index (χ3v) is 5.26. The van der Waals surface area contributed by atoms with Gasteiger partial charge in [-0.15, -0.1) is 0 Å². The van der Waals surface area contributed by atoms with Crippen LogP contribution in [0.3, 0.4) is 0 Å². The van der Waals surface area contributed by atoms with Gasteiger partial charge in [0.1, 0.15) is 10.7 Å². The van der Waals surface area contributed by atoms with E-state index in [9.17, 15) is 8.42 Å². The first-order valence-corrected chi connectivity index (χ1v) is 8.01. The second-order valence-electron chi connectivity index (χ2n) is 4.14. The molecule has 1 saturated carbocycles. The maximum Gasteiger partial charge on any atom is 0.241 e. The Morgan fingerprint density at radius 1 is 1.59 bits per heavy atom. The molecule has 2 rings (SSSR count). The fraction of sp³-hybridized carbons (Fsp3) is 0.500. The third-order valence-electron chi connectivity index (χ3n) is 2.90. The Kier molecular flexibility index (Phi) is 3.33. The number of aromatic nitrogens is 1. The molecule has 0 bridgehead atoms. The number of sulfonamides is 1. The second-order valence-corrected chi connectivity index (χ2v) is 6.94. The Hall–Kier alpha value is -0.790. The summed E-state index contributed by atoms with van der Waals surface area (Å²) in [7, 11) is -3.72. The summed E-state index contributed by atoms with van der Waals surface area (Å²) in [5.74, 6) is 0.343. The number of rotatable bonds is 5. The first-order valence-electron chi connectivity index (χ1n) is 5.24. The molecule has 0 amide bonds. The number of primary sulfonamides is 1. The number of anilines is 1. The molecule has 1 aromatic rings. The molecule has 1 fully saturated rings. The molecule has 0 saturated heterocycles. The maximum absolute atomic E-state index is 11.4. The van der Waals surface area contributed by atoms with E-state index in [-0.39, 0.29) is 9.64 Å². The van der Waals surface area contributed by atoms with Crippen molar-refractivity contribution in [3.8, 4) is 0 Å². The summed E-state index contributed by atoms with van der Waals surface area (Å²) in [4.78, 5) is 4.08. The summed E-state index contributed by atoms with van der Waals surface area (Å²) in [6, 6.07) is 3.02. The van der Waals surface area contributed by atoms with Crippen molar-refractivity contribution in [3.63, 3.8) is 0 Å². The van der Waals surface area contributed by atoms with E-state index in [0.29, 0.717) is 12.4 Å². The first kappa shape index (κ1) is 12.7. The van der Waals surface area contributed by atoms with Crippen LogP contribution in [0.4, 0.5) is 5.82 Å². The quantitative estimate of drug-likeness (QED) is 0.837. The minimum atomic E-state index is -3.72. The van der Waals surface area contributed by atoms with Crippen molar-refractivity contribution >= 4 is 27.6 Å². The lowest BCUT2D eigenvalue weighted by Gasteiger charge is -2.15. The van der Waals surface area contributed by atoms with Gasteiger partial charge in [0.25, 0.3) is 0 Å². The van der Waals surface area contributed by atoms with E-state index in [0.717, 1.165) is 12.8 Å². The molecular weight excluding hydrogens is 258 g/mol. The van der Waals surface area contributed by atoms with Crippen molar-refractivity contribution < 1.29 is 8.42 Å². The number of nitrogens with one attached hydrogen (secondary N) is 1. The summed E-state index contributed by atoms with van der Waals surface area (Å²) >= 11 is 1.80. The van der Waals surface area contributed by atoms with Crippen molar-refractivity contribution in [1.82, 2.24) is 4.98 Å². The van der Waals surface area contributed by atoms with Crippen LogP contribution in [0.5, 0.6) is 0 Å². The van der Waals surface area contributed by atoms with Gasteiger partial charge in [0.05, 0.1) is 0 Å². The molecule has 0 radical (unpaired) electrons. The zero-order chi connectivity index (χ0) is 12.5. The van der Waals surface area contributed by atoms with E-state index in [1.54, 1.807) is 24.0 Å². The summed E-state index contributed by atoms with van der Waals surface area (Å²) in [6.07, 6.45) is 5.92. The summed E-state index contributed by atoms with van der Waals surface area (Å²) < 4.78 is 23.0. The van der Waals surface area contributed by atoms with Crippen LogP contribution in [-0.4, -0.2) is 30.9 Å². The van der Waals surface area contributed by atoms with E-state index >= 15 is 0 Å². The van der Waals surface area contributed by atoms with Gasteiger partial charge in [0.15, 0.2) is 0 Å². The molecule has 94 valence electrons. The van der Waals surface area contributed by atoms with Crippen LogP contribution in [0.25, 0.3) is 0 Å². The highest BCUT2D eigenvalue weighted by molar-refractivity contribution is 8.00. The van der Waals surface area contributed by atoms with Gasteiger partial charge in [-0.3, -0.25) is 0 Å². The van der Waals surface area contributed by atoms with Crippen LogP contribution in [0.1, 0.15) is 12.8 Å². The minimum absolute atomic E-state index is 0.0527. The molecule has 7 heteroatoms. The smallest absolute Gasteiger partial charge is 0.241 e. The molecule has 3 N–H and O–H groups in total. The fourth-order valence-corrected chi connectivity index (χ4v) is 2.98. The standard InChI is InChI=1S/C10H15N3O2S2/c1-16-10(4-5-10)7-13-9-8(17(11,14)15)3-2-6-12-9/h2-3,6H,4-5,7H2,1H3,(H,12,13)(H2,11,14,15). The Labute approximate surface area is 105 Å². The molecule has 1 aromatic heterocycles. The van der Waals surface area contributed by atoms with Crippen molar-refractivity contribution in [2.45, 2.75) is 22.5 Å². The topological polar surface area (TPSA) is 85.1 Å². The van der Waals surface area contributed by atoms with Gasteiger partial charge in [-0.2, -0.15) is 11.8 Å². The van der Waals surface area contributed by atoms with E-state index in [4.69, 9.17) is 5.14 Å². The number of hydrogen-bond donors (Lipinski definition) is 2. The van der Waals surface area contributed by atoms with E-state index in [1.807, 2.05) is 0 Å². The molecule has 0 unspecified atom stereocenters. The Bertz CT molecular complexity index is 512. The first-order chi connectivity index (χ1) is 7.97. The van der Waals surface area contributed by atoms with Crippen molar-refractivity contribution in [1.29, 1.82) is 0 Å². The van der Waals surface area contributed by atoms with Gasteiger partial charge >= 0.3 is 0 Å². The van der Waals surface area contributed by atoms with Crippen LogP contribution in [0.15, 0.2) is 23.2 Å². The molecule has 0 aliphatic heterocycles. The normalized spacial score (nSPS) is 17.8. The average Bonchev–Trinajstić information content (AvgIpc) is 3.06. The lowest BCUT2D eigenvalue weighted by atomic mass is 10.4. The zero-order valence-electron chi connectivity index (χ0n) is 9.51. The van der Waals surface area contributed by atoms with Gasteiger partial charge < -0.3 is 5.32 Å². The Morgan fingerprint density at radius 2 is 2.29 bits per heavy atom. The van der Waals surface area contributed by atoms with Crippen LogP contribution < -0.4 is 10.5 Å². The van der Waals surface area contributed by atoms with Crippen LogP contribution in [0, 0.1) is 0 Å². The molecule has 0 aromatic carbocycles. The van der Waals surface area contributed by atoms with Gasteiger partial charge in [-0.25, -0.2) is 18.5 Å². The van der Waals surface area contributed by atoms with Gasteiger partial charge in [-0.05, 0) is 31.2 Å². The molecule has 17 heavy (non-hydrogen) atoms. The van der Waals surface area contributed by atoms with Crippen molar-refractivity contribution in [2.75, 3.05) is 18.1 Å². The van der Waals surface area contributed by atoms with Gasteiger partial charge in [0.2, 0.25) is 10.0 Å². The molecule has 1 heterocycles. The molecule has 1 aliphatic carbocycles. The zero-order valence-corrected chi connectivity index (χ0v) is 11.1. The lowest BCUT2D eigenvalue weighted by Crippen LogP contribution is -2.21. The number of nitrogens with zero attached hydrogens (tertiary/aromatic N) is 1. The van der Waals surface area contributed by atoms with E-state index in [2.05, 4.69) is 16.6 Å². The largest absolute Gasteiger partial charge is 0.368 e. The summed E-state index contributed by atoms with van der Waals surface area (Å²) in [6.45, 7) is 0.716. The molecule has 0 atom stereocenters. The van der Waals surface area contributed by atoms with Crippen LogP contribution in [-0.2, 0) is 10.0 Å². The predicted molar refractivity (Wildman–Crippen MR) is 69.6 cm³/mol. The van der Waals surface area contributed by atoms with Gasteiger partial charge in [0, 0.05) is 17.5 Å². The van der Waals surface area contributed by atoms with Crippen LogP contribution in [0.2, 0.25) is 0 Å². The van der Waals surface area contributed by atoms with Gasteiger partial charge in [-0.1, -0.05) is 0 Å². The predicted octanol–water partition coefficient (Wildman–Crippen LogP) is 1.04. The van der Waals surface area contributed by atoms with Crippen molar-refractivity contribution in [3.05, 3.63) is 18.3 Å². The fourth-order valence-electron chi connectivity index (χ4n) is 1.59. The maximum atomic E-state index is 11.4. The Morgan fingerprint density at radius 3 is 2.82 bits per heavy atom. The summed E-state index contributed by atoms with van der Waals surface area (Å²) in [5, 5.41) is 8.21. The van der Waals surface area contributed by atoms with E-state index in [1.165, 1.54) is 6.07 Å². The number of hydrogen-bond acceptors (Lipinski definition) is 5. The highest BCUT2D eigenvalue weighted by Crippen LogP contribution is 2.47. The SMILES string of the molecule is CSC1(CNc2ncccc2S(N)(=O)=O)CC1.